The second kappa shape index (κ2) is 8.21. The second-order valence-electron chi connectivity index (χ2n) is 8.36. The molecule has 36 heavy (non-hydrogen) atoms. The van der Waals surface area contributed by atoms with Gasteiger partial charge in [-0.1, -0.05) is 48.5 Å². The van der Waals surface area contributed by atoms with Gasteiger partial charge in [0.1, 0.15) is 5.75 Å². The van der Waals surface area contributed by atoms with Crippen LogP contribution in [0.15, 0.2) is 72.8 Å². The number of rotatable bonds is 0. The van der Waals surface area contributed by atoms with Crippen molar-refractivity contribution in [1.29, 1.82) is 0 Å². The fourth-order valence-corrected chi connectivity index (χ4v) is 4.38. The number of phenols is 1. The van der Waals surface area contributed by atoms with Gasteiger partial charge in [0.25, 0.3) is 0 Å². The van der Waals surface area contributed by atoms with E-state index in [1.807, 2.05) is 0 Å². The van der Waals surface area contributed by atoms with Gasteiger partial charge < -0.3 is 22.3 Å². The maximum atomic E-state index is 12.3. The summed E-state index contributed by atoms with van der Waals surface area (Å²) in [4.78, 5) is 49.0. The summed E-state index contributed by atoms with van der Waals surface area (Å²) < 4.78 is 0. The van der Waals surface area contributed by atoms with Gasteiger partial charge in [-0.05, 0) is 24.3 Å². The molecule has 4 aromatic rings. The number of carbonyl (C=O) groups excluding carboxylic acids is 4. The zero-order valence-electron chi connectivity index (χ0n) is 18.7. The third kappa shape index (κ3) is 3.32. The Bertz CT molecular complexity index is 1570. The molecule has 8 heteroatoms. The molecule has 0 aliphatic heterocycles. The molecule has 0 radical (unpaired) electrons. The van der Waals surface area contributed by atoms with Crippen LogP contribution < -0.4 is 17.2 Å². The van der Waals surface area contributed by atoms with E-state index in [9.17, 15) is 24.3 Å². The molecule has 0 unspecified atom stereocenters. The third-order valence-electron chi connectivity index (χ3n) is 6.24. The van der Waals surface area contributed by atoms with Gasteiger partial charge >= 0.3 is 0 Å². The molecule has 0 atom stereocenters. The van der Waals surface area contributed by atoms with Crippen LogP contribution in [0.5, 0.6) is 5.75 Å². The maximum absolute atomic E-state index is 12.3. The Kier molecular flexibility index (Phi) is 5.14. The zero-order valence-corrected chi connectivity index (χ0v) is 18.7. The standard InChI is InChI=1S/C14H10N2O2.C14H9NO3/c15-10-6-5-9-11(12(10)16)14(18)8-4-2-1-3-7(8)13(9)17;15-11-5-9-10(6-12(11)16)14(18)8-4-2-1-3-7(8)13(9)17/h1-6H,15-16H2;1-6,16H,15H2. The Morgan fingerprint density at radius 3 is 1.44 bits per heavy atom. The number of anilines is 3. The Balaban J connectivity index is 0.000000148. The number of hydrogen-bond donors (Lipinski definition) is 4. The minimum atomic E-state index is -0.268. The van der Waals surface area contributed by atoms with Gasteiger partial charge in [-0.2, -0.15) is 0 Å². The van der Waals surface area contributed by atoms with E-state index < -0.39 is 0 Å². The van der Waals surface area contributed by atoms with Gasteiger partial charge in [-0.3, -0.25) is 19.2 Å². The van der Waals surface area contributed by atoms with Gasteiger partial charge in [-0.15, -0.1) is 0 Å². The number of hydrogen-bond acceptors (Lipinski definition) is 8. The van der Waals surface area contributed by atoms with Gasteiger partial charge in [0.2, 0.25) is 0 Å². The van der Waals surface area contributed by atoms with Crippen LogP contribution in [0.4, 0.5) is 17.1 Å². The largest absolute Gasteiger partial charge is 0.506 e. The molecule has 0 heterocycles. The normalized spacial score (nSPS) is 13.1. The molecule has 0 fully saturated rings. The first-order chi connectivity index (χ1) is 17.2. The third-order valence-corrected chi connectivity index (χ3v) is 6.24. The summed E-state index contributed by atoms with van der Waals surface area (Å²) in [6.07, 6.45) is 0. The Morgan fingerprint density at radius 2 is 0.917 bits per heavy atom. The predicted molar refractivity (Wildman–Crippen MR) is 134 cm³/mol. The van der Waals surface area contributed by atoms with E-state index in [1.165, 1.54) is 12.1 Å². The predicted octanol–water partition coefficient (Wildman–Crippen LogP) is 3.38. The monoisotopic (exact) mass is 477 g/mol. The van der Waals surface area contributed by atoms with Crippen molar-refractivity contribution in [2.45, 2.75) is 0 Å². The molecular weight excluding hydrogens is 458 g/mol. The molecular formula is C28H19N3O5. The van der Waals surface area contributed by atoms with Crippen LogP contribution >= 0.6 is 0 Å². The summed E-state index contributed by atoms with van der Waals surface area (Å²) in [6.45, 7) is 0. The highest BCUT2D eigenvalue weighted by molar-refractivity contribution is 6.31. The van der Waals surface area contributed by atoms with Gasteiger partial charge in [0, 0.05) is 38.9 Å². The van der Waals surface area contributed by atoms with Crippen molar-refractivity contribution >= 4 is 40.2 Å². The van der Waals surface area contributed by atoms with Crippen molar-refractivity contribution in [2.24, 2.45) is 0 Å². The first-order valence-electron chi connectivity index (χ1n) is 10.9. The number of phenolic OH excluding ortho intramolecular Hbond substituents is 1. The lowest BCUT2D eigenvalue weighted by atomic mass is 9.83. The Hall–Kier alpha value is -5.24. The average molecular weight is 477 g/mol. The van der Waals surface area contributed by atoms with Crippen molar-refractivity contribution < 1.29 is 24.3 Å². The van der Waals surface area contributed by atoms with Crippen LogP contribution in [-0.2, 0) is 0 Å². The summed E-state index contributed by atoms with van der Waals surface area (Å²) in [5, 5.41) is 9.54. The Morgan fingerprint density at radius 1 is 0.472 bits per heavy atom. The molecule has 4 aromatic carbocycles. The van der Waals surface area contributed by atoms with E-state index in [0.717, 1.165) is 0 Å². The van der Waals surface area contributed by atoms with E-state index in [2.05, 4.69) is 0 Å². The molecule has 0 saturated heterocycles. The fourth-order valence-electron chi connectivity index (χ4n) is 4.38. The fraction of sp³-hybridized carbons (Fsp3) is 0. The number of benzene rings is 4. The van der Waals surface area contributed by atoms with Crippen LogP contribution in [0, 0.1) is 0 Å². The van der Waals surface area contributed by atoms with E-state index >= 15 is 0 Å². The number of nitrogen functional groups attached to an aromatic ring is 3. The smallest absolute Gasteiger partial charge is 0.196 e. The summed E-state index contributed by atoms with van der Waals surface area (Å²) >= 11 is 0. The van der Waals surface area contributed by atoms with Gasteiger partial charge in [-0.25, -0.2) is 0 Å². The minimum absolute atomic E-state index is 0.0919. The summed E-state index contributed by atoms with van der Waals surface area (Å²) in [7, 11) is 0. The van der Waals surface area contributed by atoms with Crippen LogP contribution in [0.3, 0.4) is 0 Å². The van der Waals surface area contributed by atoms with E-state index in [-0.39, 0.29) is 56.9 Å². The minimum Gasteiger partial charge on any atom is -0.506 e. The van der Waals surface area contributed by atoms with Crippen molar-refractivity contribution in [3.05, 3.63) is 117 Å². The van der Waals surface area contributed by atoms with E-state index in [0.29, 0.717) is 33.5 Å². The zero-order chi connectivity index (χ0) is 25.7. The van der Waals surface area contributed by atoms with Crippen LogP contribution in [0.1, 0.15) is 63.7 Å². The van der Waals surface area contributed by atoms with Crippen LogP contribution in [0.2, 0.25) is 0 Å². The molecule has 8 nitrogen and oxygen atoms in total. The highest BCUT2D eigenvalue weighted by Gasteiger charge is 2.32. The van der Waals surface area contributed by atoms with Crippen LogP contribution in [-0.4, -0.2) is 28.2 Å². The van der Waals surface area contributed by atoms with Crippen molar-refractivity contribution in [1.82, 2.24) is 0 Å². The lowest BCUT2D eigenvalue weighted by molar-refractivity contribution is 0.0979. The molecule has 0 spiro atoms. The summed E-state index contributed by atoms with van der Waals surface area (Å²) in [6, 6.07) is 19.0. The topological polar surface area (TPSA) is 167 Å². The molecule has 7 N–H and O–H groups in total. The number of nitrogens with two attached hydrogens (primary N) is 3. The first-order valence-corrected chi connectivity index (χ1v) is 10.9. The number of carbonyl (C=O) groups is 4. The highest BCUT2D eigenvalue weighted by atomic mass is 16.3. The summed E-state index contributed by atoms with van der Waals surface area (Å²) in [5.41, 5.74) is 20.2. The van der Waals surface area contributed by atoms with Crippen molar-refractivity contribution in [3.8, 4) is 5.75 Å². The molecule has 2 aliphatic rings. The van der Waals surface area contributed by atoms with E-state index in [4.69, 9.17) is 17.2 Å². The molecule has 2 aliphatic carbocycles. The Labute approximate surface area is 205 Å². The molecule has 0 saturated carbocycles. The van der Waals surface area contributed by atoms with Crippen molar-refractivity contribution in [2.75, 3.05) is 17.2 Å². The molecule has 0 aromatic heterocycles. The number of aromatic hydroxyl groups is 1. The quantitative estimate of drug-likeness (QED) is 0.191. The van der Waals surface area contributed by atoms with Gasteiger partial charge in [0.15, 0.2) is 23.1 Å². The lowest BCUT2D eigenvalue weighted by Gasteiger charge is -2.19. The SMILES string of the molecule is Nc1cc2c(cc1O)C(=O)c1ccccc1C2=O.Nc1ccc2c(c1N)C(=O)c1ccccc1C2=O. The van der Waals surface area contributed by atoms with E-state index in [1.54, 1.807) is 60.7 Å². The first kappa shape index (κ1) is 22.5. The second-order valence-corrected chi connectivity index (χ2v) is 8.36. The highest BCUT2D eigenvalue weighted by Crippen LogP contribution is 2.34. The molecule has 0 bridgehead atoms. The molecule has 6 rings (SSSR count). The molecule has 0 amide bonds. The average Bonchev–Trinajstić information content (AvgIpc) is 2.89. The van der Waals surface area contributed by atoms with Crippen LogP contribution in [0.25, 0.3) is 0 Å². The molecule has 176 valence electrons. The lowest BCUT2D eigenvalue weighted by Crippen LogP contribution is -2.22. The maximum Gasteiger partial charge on any atom is 0.196 e. The summed E-state index contributed by atoms with van der Waals surface area (Å²) in [5.74, 6) is -1.13. The number of fused-ring (bicyclic) bond motifs is 4. The van der Waals surface area contributed by atoms with Crippen molar-refractivity contribution in [3.63, 3.8) is 0 Å². The number of ketones is 4. The van der Waals surface area contributed by atoms with Gasteiger partial charge in [0.05, 0.1) is 22.6 Å².